The van der Waals surface area contributed by atoms with Gasteiger partial charge in [-0.05, 0) is 50.2 Å². The van der Waals surface area contributed by atoms with Gasteiger partial charge in [0.15, 0.2) is 12.4 Å². The fraction of sp³-hybridized carbons (Fsp3) is 0.238. The molecule has 3 rings (SSSR count). The second-order valence-electron chi connectivity index (χ2n) is 6.24. The standard InChI is InChI=1S/C21H22N4O4S/c1-3-22-19(26)12-28-16-10-8-15(9-11-16)24-21(27)17-6-4-5-7-18(17)30-13-20-23-14(2)25-29-20/h4-11H,3,12-13H2,1-2H3,(H,22,26)(H,24,27). The van der Waals surface area contributed by atoms with Gasteiger partial charge in [-0.2, -0.15) is 4.98 Å². The molecule has 0 saturated carbocycles. The van der Waals surface area contributed by atoms with Crippen LogP contribution in [0.1, 0.15) is 29.0 Å². The van der Waals surface area contributed by atoms with Gasteiger partial charge in [0.25, 0.3) is 11.8 Å². The van der Waals surface area contributed by atoms with E-state index in [9.17, 15) is 9.59 Å². The summed E-state index contributed by atoms with van der Waals surface area (Å²) in [5, 5.41) is 9.31. The van der Waals surface area contributed by atoms with Gasteiger partial charge in [-0.15, -0.1) is 11.8 Å². The Kier molecular flexibility index (Phi) is 7.45. The highest BCUT2D eigenvalue weighted by Crippen LogP contribution is 2.27. The van der Waals surface area contributed by atoms with Gasteiger partial charge in [0.05, 0.1) is 11.3 Å². The first-order valence-electron chi connectivity index (χ1n) is 9.37. The molecular formula is C21H22N4O4S. The first kappa shape index (κ1) is 21.4. The number of hydrogen-bond donors (Lipinski definition) is 2. The van der Waals surface area contributed by atoms with Crippen molar-refractivity contribution >= 4 is 29.3 Å². The molecule has 0 spiro atoms. The van der Waals surface area contributed by atoms with Gasteiger partial charge in [0.2, 0.25) is 5.89 Å². The largest absolute Gasteiger partial charge is 0.484 e. The summed E-state index contributed by atoms with van der Waals surface area (Å²) < 4.78 is 10.5. The molecule has 30 heavy (non-hydrogen) atoms. The maximum absolute atomic E-state index is 12.8. The second kappa shape index (κ2) is 10.4. The minimum Gasteiger partial charge on any atom is -0.484 e. The first-order valence-corrected chi connectivity index (χ1v) is 10.4. The minimum atomic E-state index is -0.226. The molecule has 0 bridgehead atoms. The van der Waals surface area contributed by atoms with Crippen molar-refractivity contribution in [1.29, 1.82) is 0 Å². The zero-order chi connectivity index (χ0) is 21.3. The van der Waals surface area contributed by atoms with Crippen molar-refractivity contribution in [1.82, 2.24) is 15.5 Å². The Hall–Kier alpha value is -3.33. The summed E-state index contributed by atoms with van der Waals surface area (Å²) in [6.07, 6.45) is 0. The van der Waals surface area contributed by atoms with Crippen LogP contribution in [0.3, 0.4) is 0 Å². The number of ether oxygens (including phenoxy) is 1. The molecule has 0 aliphatic heterocycles. The number of carbonyl (C=O) groups excluding carboxylic acids is 2. The molecule has 9 heteroatoms. The predicted octanol–water partition coefficient (Wildman–Crippen LogP) is 3.44. The van der Waals surface area contributed by atoms with Crippen molar-refractivity contribution < 1.29 is 18.8 Å². The van der Waals surface area contributed by atoms with E-state index in [1.54, 1.807) is 37.3 Å². The van der Waals surface area contributed by atoms with Gasteiger partial charge >= 0.3 is 0 Å². The Balaban J connectivity index is 1.59. The third-order valence-electron chi connectivity index (χ3n) is 3.91. The van der Waals surface area contributed by atoms with E-state index in [0.29, 0.717) is 41.0 Å². The van der Waals surface area contributed by atoms with Crippen LogP contribution in [0.4, 0.5) is 5.69 Å². The average Bonchev–Trinajstić information content (AvgIpc) is 3.17. The van der Waals surface area contributed by atoms with Crippen molar-refractivity contribution in [2.75, 3.05) is 18.5 Å². The summed E-state index contributed by atoms with van der Waals surface area (Å²) in [6, 6.07) is 14.2. The Labute approximate surface area is 178 Å². The maximum atomic E-state index is 12.8. The number of aromatic nitrogens is 2. The van der Waals surface area contributed by atoms with Crippen molar-refractivity contribution in [2.45, 2.75) is 24.5 Å². The molecule has 2 N–H and O–H groups in total. The lowest BCUT2D eigenvalue weighted by Crippen LogP contribution is -2.28. The van der Waals surface area contributed by atoms with E-state index < -0.39 is 0 Å². The smallest absolute Gasteiger partial charge is 0.257 e. The van der Waals surface area contributed by atoms with Crippen molar-refractivity contribution in [3.63, 3.8) is 0 Å². The van der Waals surface area contributed by atoms with Crippen LogP contribution in [0, 0.1) is 6.92 Å². The Bertz CT molecular complexity index is 1000. The number of anilines is 1. The molecular weight excluding hydrogens is 404 g/mol. The molecule has 1 heterocycles. The summed E-state index contributed by atoms with van der Waals surface area (Å²) in [5.74, 6) is 1.70. The van der Waals surface area contributed by atoms with Gasteiger partial charge in [-0.25, -0.2) is 0 Å². The van der Waals surface area contributed by atoms with Gasteiger partial charge in [0.1, 0.15) is 5.75 Å². The number of nitrogens with zero attached hydrogens (tertiary/aromatic N) is 2. The number of amides is 2. The predicted molar refractivity (Wildman–Crippen MR) is 114 cm³/mol. The van der Waals surface area contributed by atoms with Crippen molar-refractivity contribution in [3.05, 3.63) is 65.8 Å². The molecule has 3 aromatic rings. The number of benzene rings is 2. The summed E-state index contributed by atoms with van der Waals surface area (Å²) in [6.45, 7) is 4.11. The molecule has 8 nitrogen and oxygen atoms in total. The number of likely N-dealkylation sites (N-methyl/N-ethyl adjacent to an activating group) is 1. The molecule has 1 aromatic heterocycles. The van der Waals surface area contributed by atoms with Crippen LogP contribution in [0.2, 0.25) is 0 Å². The summed E-state index contributed by atoms with van der Waals surface area (Å²) >= 11 is 1.45. The summed E-state index contributed by atoms with van der Waals surface area (Å²) in [5.41, 5.74) is 1.17. The number of hydrogen-bond acceptors (Lipinski definition) is 7. The van der Waals surface area contributed by atoms with E-state index >= 15 is 0 Å². The lowest BCUT2D eigenvalue weighted by Gasteiger charge is -2.10. The van der Waals surface area contributed by atoms with Crippen LogP contribution >= 0.6 is 11.8 Å². The summed E-state index contributed by atoms with van der Waals surface area (Å²) in [4.78, 5) is 29.2. The highest BCUT2D eigenvalue weighted by atomic mass is 32.2. The fourth-order valence-electron chi connectivity index (χ4n) is 2.55. The fourth-order valence-corrected chi connectivity index (χ4v) is 3.44. The van der Waals surface area contributed by atoms with Gasteiger partial charge in [-0.1, -0.05) is 17.3 Å². The van der Waals surface area contributed by atoms with E-state index in [1.807, 2.05) is 25.1 Å². The number of thioether (sulfide) groups is 1. The van der Waals surface area contributed by atoms with Gasteiger partial charge < -0.3 is 19.9 Å². The molecule has 0 aliphatic carbocycles. The Morgan fingerprint density at radius 2 is 1.90 bits per heavy atom. The van der Waals surface area contributed by atoms with E-state index in [4.69, 9.17) is 9.26 Å². The third-order valence-corrected chi connectivity index (χ3v) is 4.97. The molecule has 2 amide bonds. The second-order valence-corrected chi connectivity index (χ2v) is 7.26. The number of nitrogens with one attached hydrogen (secondary N) is 2. The number of aryl methyl sites for hydroxylation is 1. The quantitative estimate of drug-likeness (QED) is 0.505. The van der Waals surface area contributed by atoms with E-state index in [-0.39, 0.29) is 18.4 Å². The zero-order valence-electron chi connectivity index (χ0n) is 16.7. The van der Waals surface area contributed by atoms with Crippen LogP contribution in [0.5, 0.6) is 5.75 Å². The minimum absolute atomic E-state index is 0.0519. The van der Waals surface area contributed by atoms with Gasteiger partial charge in [0, 0.05) is 17.1 Å². The Morgan fingerprint density at radius 1 is 1.13 bits per heavy atom. The van der Waals surface area contributed by atoms with Crippen molar-refractivity contribution in [2.24, 2.45) is 0 Å². The van der Waals surface area contributed by atoms with Crippen LogP contribution < -0.4 is 15.4 Å². The monoisotopic (exact) mass is 426 g/mol. The first-order chi connectivity index (χ1) is 14.5. The van der Waals surface area contributed by atoms with Crippen LogP contribution in [-0.4, -0.2) is 35.1 Å². The highest BCUT2D eigenvalue weighted by Gasteiger charge is 2.13. The molecule has 0 saturated heterocycles. The molecule has 0 fully saturated rings. The van der Waals surface area contributed by atoms with Crippen molar-refractivity contribution in [3.8, 4) is 5.75 Å². The SMILES string of the molecule is CCNC(=O)COc1ccc(NC(=O)c2ccccc2SCc2nc(C)no2)cc1. The molecule has 0 radical (unpaired) electrons. The molecule has 0 unspecified atom stereocenters. The lowest BCUT2D eigenvalue weighted by atomic mass is 10.2. The topological polar surface area (TPSA) is 106 Å². The number of rotatable bonds is 9. The van der Waals surface area contributed by atoms with Crippen LogP contribution in [0.25, 0.3) is 0 Å². The van der Waals surface area contributed by atoms with Crippen LogP contribution in [-0.2, 0) is 10.5 Å². The van der Waals surface area contributed by atoms with E-state index in [1.165, 1.54) is 11.8 Å². The normalized spacial score (nSPS) is 10.5. The maximum Gasteiger partial charge on any atom is 0.257 e. The lowest BCUT2D eigenvalue weighted by molar-refractivity contribution is -0.122. The van der Waals surface area contributed by atoms with E-state index in [2.05, 4.69) is 20.8 Å². The molecule has 0 atom stereocenters. The Morgan fingerprint density at radius 3 is 2.60 bits per heavy atom. The molecule has 0 aliphatic rings. The van der Waals surface area contributed by atoms with Crippen LogP contribution in [0.15, 0.2) is 57.9 Å². The van der Waals surface area contributed by atoms with Gasteiger partial charge in [-0.3, -0.25) is 9.59 Å². The zero-order valence-corrected chi connectivity index (χ0v) is 17.5. The number of carbonyl (C=O) groups is 2. The summed E-state index contributed by atoms with van der Waals surface area (Å²) in [7, 11) is 0. The third kappa shape index (κ3) is 6.08. The van der Waals surface area contributed by atoms with E-state index in [0.717, 1.165) is 4.90 Å². The molecule has 156 valence electrons. The average molecular weight is 426 g/mol. The molecule has 2 aromatic carbocycles. The highest BCUT2D eigenvalue weighted by molar-refractivity contribution is 7.98.